The molecule has 12 heteroatoms. The van der Waals surface area contributed by atoms with Gasteiger partial charge in [0.05, 0.1) is 25.7 Å². The van der Waals surface area contributed by atoms with Crippen molar-refractivity contribution in [2.75, 3.05) is 19.7 Å². The van der Waals surface area contributed by atoms with Crippen LogP contribution in [-0.4, -0.2) is 58.9 Å². The number of urea groups is 1. The van der Waals surface area contributed by atoms with Crippen LogP contribution in [0.3, 0.4) is 0 Å². The zero-order valence-corrected chi connectivity index (χ0v) is 17.8. The van der Waals surface area contributed by atoms with Crippen molar-refractivity contribution in [3.8, 4) is 5.19 Å². The van der Waals surface area contributed by atoms with Crippen LogP contribution < -0.4 is 4.74 Å². The van der Waals surface area contributed by atoms with Gasteiger partial charge in [-0.25, -0.2) is 23.4 Å². The lowest BCUT2D eigenvalue weighted by Crippen LogP contribution is -2.58. The standard InChI is InChI=1S/C19H17ClF2N4O4S/c1-2-29-17(27)15-16(20)31-18(24-15)30-13-8-25(9-13)19(28)26-14(3-4-23-26)10-5-11(21)7-12(22)6-10/h4-7,13-14H,2-3,8-9H2,1H3/t14-/m0/s1. The fourth-order valence-electron chi connectivity index (χ4n) is 3.26. The zero-order valence-electron chi connectivity index (χ0n) is 16.3. The molecule has 1 saturated heterocycles. The minimum absolute atomic E-state index is 0.00709. The van der Waals surface area contributed by atoms with Gasteiger partial charge in [0.15, 0.2) is 5.69 Å². The number of hydrogen-bond acceptors (Lipinski definition) is 7. The summed E-state index contributed by atoms with van der Waals surface area (Å²) in [5, 5.41) is 5.49. The highest BCUT2D eigenvalue weighted by Crippen LogP contribution is 2.34. The Morgan fingerprint density at radius 3 is 2.65 bits per heavy atom. The summed E-state index contributed by atoms with van der Waals surface area (Å²) >= 11 is 7.02. The molecule has 31 heavy (non-hydrogen) atoms. The molecule has 4 rings (SSSR count). The Balaban J connectivity index is 1.35. The minimum atomic E-state index is -0.712. The van der Waals surface area contributed by atoms with Crippen LogP contribution in [-0.2, 0) is 4.74 Å². The predicted molar refractivity (Wildman–Crippen MR) is 109 cm³/mol. The van der Waals surface area contributed by atoms with Gasteiger partial charge in [0, 0.05) is 18.7 Å². The molecule has 2 aromatic rings. The van der Waals surface area contributed by atoms with Gasteiger partial charge in [-0.1, -0.05) is 22.9 Å². The summed E-state index contributed by atoms with van der Waals surface area (Å²) in [5.74, 6) is -2.05. The first-order valence-electron chi connectivity index (χ1n) is 9.42. The molecule has 1 aromatic heterocycles. The van der Waals surface area contributed by atoms with E-state index in [1.165, 1.54) is 28.3 Å². The van der Waals surface area contributed by atoms with E-state index < -0.39 is 29.7 Å². The number of halogens is 3. The number of esters is 1. The minimum Gasteiger partial charge on any atom is -0.463 e. The number of rotatable bonds is 5. The van der Waals surface area contributed by atoms with Crippen LogP contribution in [0.1, 0.15) is 35.4 Å². The van der Waals surface area contributed by atoms with Crippen LogP contribution in [0.15, 0.2) is 23.3 Å². The van der Waals surface area contributed by atoms with Crippen molar-refractivity contribution in [2.45, 2.75) is 25.5 Å². The summed E-state index contributed by atoms with van der Waals surface area (Å²) in [7, 11) is 0. The lowest BCUT2D eigenvalue weighted by Gasteiger charge is -2.40. The second kappa shape index (κ2) is 8.75. The summed E-state index contributed by atoms with van der Waals surface area (Å²) in [4.78, 5) is 30.1. The first kappa shape index (κ1) is 21.4. The summed E-state index contributed by atoms with van der Waals surface area (Å²) in [6, 6.07) is 2.19. The van der Waals surface area contributed by atoms with E-state index in [0.29, 0.717) is 12.0 Å². The summed E-state index contributed by atoms with van der Waals surface area (Å²) in [6.45, 7) is 2.40. The van der Waals surface area contributed by atoms with Crippen LogP contribution in [0.4, 0.5) is 13.6 Å². The van der Waals surface area contributed by atoms with E-state index in [1.807, 2.05) is 0 Å². The van der Waals surface area contributed by atoms with Crippen LogP contribution >= 0.6 is 22.9 Å². The number of nitrogens with zero attached hydrogens (tertiary/aromatic N) is 4. The third-order valence-corrected chi connectivity index (χ3v) is 5.86. The maximum atomic E-state index is 13.6. The molecule has 2 aliphatic heterocycles. The number of thiazole rings is 1. The van der Waals surface area contributed by atoms with Crippen molar-refractivity contribution in [1.29, 1.82) is 0 Å². The van der Waals surface area contributed by atoms with E-state index in [2.05, 4.69) is 10.1 Å². The molecular weight excluding hydrogens is 454 g/mol. The number of ether oxygens (including phenoxy) is 2. The van der Waals surface area contributed by atoms with Crippen molar-refractivity contribution in [1.82, 2.24) is 14.9 Å². The number of hydrazone groups is 1. The molecule has 0 N–H and O–H groups in total. The van der Waals surface area contributed by atoms with E-state index in [-0.39, 0.29) is 41.0 Å². The molecule has 0 saturated carbocycles. The number of carbonyl (C=O) groups excluding carboxylic acids is 2. The lowest BCUT2D eigenvalue weighted by molar-refractivity contribution is 0.0273. The molecule has 1 aromatic carbocycles. The number of likely N-dealkylation sites (tertiary alicyclic amines) is 1. The Kier molecular flexibility index (Phi) is 6.05. The fraction of sp³-hybridized carbons (Fsp3) is 0.368. The van der Waals surface area contributed by atoms with Gasteiger partial charge in [0.2, 0.25) is 0 Å². The SMILES string of the molecule is CCOC(=O)c1nc(OC2CN(C(=O)N3N=CC[C@H]3c3cc(F)cc(F)c3)C2)sc1Cl. The van der Waals surface area contributed by atoms with Crippen molar-refractivity contribution >= 4 is 41.2 Å². The van der Waals surface area contributed by atoms with Crippen molar-refractivity contribution in [3.63, 3.8) is 0 Å². The average Bonchev–Trinajstić information content (AvgIpc) is 3.30. The number of aromatic nitrogens is 1. The molecule has 1 fully saturated rings. The van der Waals surface area contributed by atoms with E-state index in [4.69, 9.17) is 21.1 Å². The van der Waals surface area contributed by atoms with Gasteiger partial charge in [-0.15, -0.1) is 0 Å². The monoisotopic (exact) mass is 470 g/mol. The zero-order chi connectivity index (χ0) is 22.1. The highest BCUT2D eigenvalue weighted by Gasteiger charge is 2.39. The predicted octanol–water partition coefficient (Wildman–Crippen LogP) is 3.87. The molecule has 2 aliphatic rings. The number of amides is 2. The molecule has 0 unspecified atom stereocenters. The number of carbonyl (C=O) groups is 2. The van der Waals surface area contributed by atoms with Crippen LogP contribution in [0.2, 0.25) is 4.34 Å². The molecule has 1 atom stereocenters. The molecule has 0 spiro atoms. The van der Waals surface area contributed by atoms with E-state index in [0.717, 1.165) is 17.4 Å². The first-order chi connectivity index (χ1) is 14.9. The molecule has 0 aliphatic carbocycles. The summed E-state index contributed by atoms with van der Waals surface area (Å²) in [6.07, 6.45) is 1.56. The van der Waals surface area contributed by atoms with Gasteiger partial charge in [0.1, 0.15) is 22.1 Å². The molecule has 3 heterocycles. The Labute approximate surface area is 185 Å². The Bertz CT molecular complexity index is 1020. The number of benzene rings is 1. The van der Waals surface area contributed by atoms with Gasteiger partial charge in [-0.05, 0) is 24.6 Å². The lowest BCUT2D eigenvalue weighted by atomic mass is 10.0. The van der Waals surface area contributed by atoms with Crippen LogP contribution in [0.5, 0.6) is 5.19 Å². The highest BCUT2D eigenvalue weighted by molar-refractivity contribution is 7.17. The van der Waals surface area contributed by atoms with Crippen LogP contribution in [0, 0.1) is 11.6 Å². The highest BCUT2D eigenvalue weighted by atomic mass is 35.5. The van der Waals surface area contributed by atoms with Crippen molar-refractivity contribution < 1.29 is 27.8 Å². The normalized spacial score (nSPS) is 18.3. The van der Waals surface area contributed by atoms with Crippen LogP contribution in [0.25, 0.3) is 0 Å². The first-order valence-corrected chi connectivity index (χ1v) is 10.6. The fourth-order valence-corrected chi connectivity index (χ4v) is 4.28. The molecule has 0 radical (unpaired) electrons. The largest absolute Gasteiger partial charge is 0.463 e. The molecule has 164 valence electrons. The third kappa shape index (κ3) is 4.47. The Morgan fingerprint density at radius 2 is 1.97 bits per heavy atom. The molecular formula is C19H17ClF2N4O4S. The Hall–Kier alpha value is -2.79. The van der Waals surface area contributed by atoms with Gasteiger partial charge in [-0.3, -0.25) is 0 Å². The van der Waals surface area contributed by atoms with Crippen molar-refractivity contribution in [3.05, 3.63) is 45.4 Å². The quantitative estimate of drug-likeness (QED) is 0.619. The van der Waals surface area contributed by atoms with Gasteiger partial charge < -0.3 is 14.4 Å². The van der Waals surface area contributed by atoms with E-state index in [1.54, 1.807) is 6.92 Å². The van der Waals surface area contributed by atoms with Gasteiger partial charge >= 0.3 is 12.0 Å². The smallest absolute Gasteiger partial charge is 0.359 e. The van der Waals surface area contributed by atoms with E-state index >= 15 is 0 Å². The molecule has 2 amide bonds. The summed E-state index contributed by atoms with van der Waals surface area (Å²) in [5.41, 5.74) is 0.327. The topological polar surface area (TPSA) is 84.3 Å². The van der Waals surface area contributed by atoms with E-state index in [9.17, 15) is 18.4 Å². The molecule has 0 bridgehead atoms. The second-order valence-corrected chi connectivity index (χ2v) is 8.41. The van der Waals surface area contributed by atoms with Gasteiger partial charge in [-0.2, -0.15) is 10.1 Å². The average molecular weight is 471 g/mol. The molecule has 8 nitrogen and oxygen atoms in total. The summed E-state index contributed by atoms with van der Waals surface area (Å²) < 4.78 is 37.9. The Morgan fingerprint density at radius 1 is 1.26 bits per heavy atom. The maximum absolute atomic E-state index is 13.6. The van der Waals surface area contributed by atoms with Gasteiger partial charge in [0.25, 0.3) is 5.19 Å². The second-order valence-electron chi connectivity index (χ2n) is 6.85. The third-order valence-electron chi connectivity index (χ3n) is 4.72. The van der Waals surface area contributed by atoms with Crippen molar-refractivity contribution in [2.24, 2.45) is 5.10 Å². The number of hydrogen-bond donors (Lipinski definition) is 0. The maximum Gasteiger partial charge on any atom is 0.359 e.